The number of aliphatic hydroxyl groups excluding tert-OH is 1. The molecule has 3 aliphatic rings. The molecule has 2 N–H and O–H groups in total. The van der Waals surface area contributed by atoms with Crippen LogP contribution in [0.2, 0.25) is 0 Å². The Morgan fingerprint density at radius 2 is 1.59 bits per heavy atom. The molecular weight excluding hydrogens is 276 g/mol. The van der Waals surface area contributed by atoms with E-state index in [1.165, 1.54) is 38.5 Å². The zero-order valence-corrected chi connectivity index (χ0v) is 13.8. The summed E-state index contributed by atoms with van der Waals surface area (Å²) in [6, 6.07) is 0.717. The number of nitrogens with zero attached hydrogens (tertiary/aromatic N) is 1. The zero-order chi connectivity index (χ0) is 15.4. The molecule has 4 nitrogen and oxygen atoms in total. The highest BCUT2D eigenvalue weighted by atomic mass is 16.3. The van der Waals surface area contributed by atoms with Crippen LogP contribution in [0.5, 0.6) is 0 Å². The Hall–Kier alpha value is -0.610. The number of aliphatic hydroxyl groups is 1. The monoisotopic (exact) mass is 308 g/mol. The number of amides is 1. The van der Waals surface area contributed by atoms with Crippen molar-refractivity contribution in [3.8, 4) is 0 Å². The second-order valence-electron chi connectivity index (χ2n) is 7.65. The minimum Gasteiger partial charge on any atom is -0.391 e. The van der Waals surface area contributed by atoms with E-state index in [4.69, 9.17) is 0 Å². The van der Waals surface area contributed by atoms with Crippen molar-refractivity contribution < 1.29 is 9.90 Å². The van der Waals surface area contributed by atoms with Gasteiger partial charge in [0.15, 0.2) is 0 Å². The Balaban J connectivity index is 1.38. The molecular formula is C18H32N2O2. The van der Waals surface area contributed by atoms with Crippen LogP contribution in [0.25, 0.3) is 0 Å². The number of likely N-dealkylation sites (tertiary alicyclic amines) is 1. The standard InChI is InChI=1S/C18H32N2O2/c21-17-8-4-3-7-16(17)20-11-9-15(10-12-20)19-18(22)13-14-5-1-2-6-14/h14-17,21H,1-13H2,(H,19,22). The summed E-state index contributed by atoms with van der Waals surface area (Å²) in [5.74, 6) is 0.903. The lowest BCUT2D eigenvalue weighted by molar-refractivity contribution is -0.123. The van der Waals surface area contributed by atoms with Crippen LogP contribution in [-0.2, 0) is 4.79 Å². The molecule has 126 valence electrons. The van der Waals surface area contributed by atoms with Gasteiger partial charge in [0, 0.05) is 31.6 Å². The Kier molecular flexibility index (Phi) is 5.75. The van der Waals surface area contributed by atoms with Crippen molar-refractivity contribution in [2.75, 3.05) is 13.1 Å². The molecule has 3 rings (SSSR count). The Labute approximate surface area is 134 Å². The normalized spacial score (nSPS) is 32.2. The van der Waals surface area contributed by atoms with Gasteiger partial charge in [-0.3, -0.25) is 9.69 Å². The fourth-order valence-corrected chi connectivity index (χ4v) is 4.66. The first-order valence-electron chi connectivity index (χ1n) is 9.44. The largest absolute Gasteiger partial charge is 0.391 e. The van der Waals surface area contributed by atoms with Crippen molar-refractivity contribution >= 4 is 5.91 Å². The maximum atomic E-state index is 12.1. The number of carbonyl (C=O) groups is 1. The van der Waals surface area contributed by atoms with Crippen LogP contribution in [-0.4, -0.2) is 47.2 Å². The summed E-state index contributed by atoms with van der Waals surface area (Å²) >= 11 is 0. The minimum absolute atomic E-state index is 0.137. The minimum atomic E-state index is -0.137. The summed E-state index contributed by atoms with van der Waals surface area (Å²) in [5.41, 5.74) is 0. The maximum Gasteiger partial charge on any atom is 0.220 e. The van der Waals surface area contributed by atoms with E-state index < -0.39 is 0 Å². The highest BCUT2D eigenvalue weighted by Crippen LogP contribution is 2.28. The molecule has 2 atom stereocenters. The molecule has 1 aliphatic heterocycles. The number of hydrogen-bond acceptors (Lipinski definition) is 3. The molecule has 1 heterocycles. The molecule has 4 heteroatoms. The quantitative estimate of drug-likeness (QED) is 0.839. The molecule has 2 aliphatic carbocycles. The fourth-order valence-electron chi connectivity index (χ4n) is 4.66. The van der Waals surface area contributed by atoms with Gasteiger partial charge in [0.1, 0.15) is 0 Å². The van der Waals surface area contributed by atoms with Crippen LogP contribution in [0.3, 0.4) is 0 Å². The summed E-state index contributed by atoms with van der Waals surface area (Å²) in [7, 11) is 0. The molecule has 0 spiro atoms. The second kappa shape index (κ2) is 7.78. The molecule has 1 amide bonds. The molecule has 1 saturated heterocycles. The van der Waals surface area contributed by atoms with Crippen LogP contribution in [0.4, 0.5) is 0 Å². The summed E-state index contributed by atoms with van der Waals surface area (Å²) in [5, 5.41) is 13.4. The molecule has 0 radical (unpaired) electrons. The summed E-state index contributed by atoms with van der Waals surface area (Å²) in [4.78, 5) is 14.6. The van der Waals surface area contributed by atoms with Gasteiger partial charge in [-0.05, 0) is 44.4 Å². The van der Waals surface area contributed by atoms with Gasteiger partial charge < -0.3 is 10.4 Å². The number of piperidine rings is 1. The van der Waals surface area contributed by atoms with Crippen LogP contribution in [0, 0.1) is 5.92 Å². The van der Waals surface area contributed by atoms with Gasteiger partial charge in [-0.2, -0.15) is 0 Å². The average Bonchev–Trinajstić information content (AvgIpc) is 3.01. The lowest BCUT2D eigenvalue weighted by atomic mass is 9.89. The van der Waals surface area contributed by atoms with Crippen LogP contribution < -0.4 is 5.32 Å². The van der Waals surface area contributed by atoms with Crippen molar-refractivity contribution in [2.24, 2.45) is 5.92 Å². The summed E-state index contributed by atoms with van der Waals surface area (Å²) in [6.45, 7) is 2.05. The van der Waals surface area contributed by atoms with Crippen molar-refractivity contribution in [3.05, 3.63) is 0 Å². The van der Waals surface area contributed by atoms with E-state index in [1.54, 1.807) is 0 Å². The van der Waals surface area contributed by atoms with Crippen molar-refractivity contribution in [3.63, 3.8) is 0 Å². The first-order chi connectivity index (χ1) is 10.7. The molecule has 2 unspecified atom stereocenters. The number of carbonyl (C=O) groups excluding carboxylic acids is 1. The molecule has 22 heavy (non-hydrogen) atoms. The van der Waals surface area contributed by atoms with Gasteiger partial charge in [-0.1, -0.05) is 25.7 Å². The SMILES string of the molecule is O=C(CC1CCCC1)NC1CCN(C2CCCCC2O)CC1. The van der Waals surface area contributed by atoms with E-state index in [-0.39, 0.29) is 12.0 Å². The van der Waals surface area contributed by atoms with Gasteiger partial charge in [-0.25, -0.2) is 0 Å². The zero-order valence-electron chi connectivity index (χ0n) is 13.8. The topological polar surface area (TPSA) is 52.6 Å². The first kappa shape index (κ1) is 16.3. The van der Waals surface area contributed by atoms with E-state index in [1.807, 2.05) is 0 Å². The first-order valence-corrected chi connectivity index (χ1v) is 9.44. The second-order valence-corrected chi connectivity index (χ2v) is 7.65. The maximum absolute atomic E-state index is 12.1. The molecule has 3 fully saturated rings. The molecule has 0 bridgehead atoms. The molecule has 0 aromatic carbocycles. The Bertz CT molecular complexity index is 360. The van der Waals surface area contributed by atoms with E-state index in [2.05, 4.69) is 10.2 Å². The highest BCUT2D eigenvalue weighted by molar-refractivity contribution is 5.76. The smallest absolute Gasteiger partial charge is 0.220 e. The fraction of sp³-hybridized carbons (Fsp3) is 0.944. The van der Waals surface area contributed by atoms with Crippen LogP contribution in [0.1, 0.15) is 70.6 Å². The number of hydrogen-bond donors (Lipinski definition) is 2. The Morgan fingerprint density at radius 3 is 2.27 bits per heavy atom. The lowest BCUT2D eigenvalue weighted by Gasteiger charge is -2.41. The predicted octanol–water partition coefficient (Wildman–Crippen LogP) is 2.45. The predicted molar refractivity (Wildman–Crippen MR) is 87.6 cm³/mol. The number of nitrogens with one attached hydrogen (secondary N) is 1. The van der Waals surface area contributed by atoms with E-state index >= 15 is 0 Å². The summed E-state index contributed by atoms with van der Waals surface area (Å²) < 4.78 is 0. The summed E-state index contributed by atoms with van der Waals surface area (Å²) in [6.07, 6.45) is 12.3. The molecule has 2 saturated carbocycles. The van der Waals surface area contributed by atoms with Gasteiger partial charge >= 0.3 is 0 Å². The van der Waals surface area contributed by atoms with Gasteiger partial charge in [0.2, 0.25) is 5.91 Å². The van der Waals surface area contributed by atoms with Crippen molar-refractivity contribution in [2.45, 2.75) is 88.8 Å². The third kappa shape index (κ3) is 4.23. The van der Waals surface area contributed by atoms with E-state index in [0.717, 1.165) is 45.2 Å². The molecule has 0 aromatic rings. The lowest BCUT2D eigenvalue weighted by Crippen LogP contribution is -2.52. The van der Waals surface area contributed by atoms with Gasteiger partial charge in [-0.15, -0.1) is 0 Å². The third-order valence-corrected chi connectivity index (χ3v) is 6.01. The number of rotatable bonds is 4. The van der Waals surface area contributed by atoms with Gasteiger partial charge in [0.05, 0.1) is 6.10 Å². The highest BCUT2D eigenvalue weighted by Gasteiger charge is 2.31. The van der Waals surface area contributed by atoms with Crippen LogP contribution >= 0.6 is 0 Å². The molecule has 0 aromatic heterocycles. The van der Waals surface area contributed by atoms with Crippen molar-refractivity contribution in [1.29, 1.82) is 0 Å². The third-order valence-electron chi connectivity index (χ3n) is 6.01. The van der Waals surface area contributed by atoms with E-state index in [0.29, 0.717) is 18.0 Å². The van der Waals surface area contributed by atoms with Gasteiger partial charge in [0.25, 0.3) is 0 Å². The van der Waals surface area contributed by atoms with E-state index in [9.17, 15) is 9.90 Å². The van der Waals surface area contributed by atoms with Crippen LogP contribution in [0.15, 0.2) is 0 Å². The van der Waals surface area contributed by atoms with Crippen molar-refractivity contribution in [1.82, 2.24) is 10.2 Å². The average molecular weight is 308 g/mol. The Morgan fingerprint density at radius 1 is 0.955 bits per heavy atom.